The van der Waals surface area contributed by atoms with Crippen LogP contribution in [0, 0.1) is 11.3 Å². The summed E-state index contributed by atoms with van der Waals surface area (Å²) in [6.45, 7) is 12.9. The van der Waals surface area contributed by atoms with E-state index in [1.807, 2.05) is 32.9 Å². The Kier molecular flexibility index (Phi) is 11.0. The molecular formula is C38H50N10O4. The van der Waals surface area contributed by atoms with Crippen LogP contribution in [0.25, 0.3) is 11.3 Å². The van der Waals surface area contributed by atoms with E-state index in [4.69, 9.17) is 25.2 Å². The number of benzene rings is 2. The minimum atomic E-state index is -0.777. The molecule has 0 aliphatic carbocycles. The van der Waals surface area contributed by atoms with E-state index in [2.05, 4.69) is 50.6 Å². The van der Waals surface area contributed by atoms with Crippen molar-refractivity contribution in [3.05, 3.63) is 53.7 Å². The minimum absolute atomic E-state index is 0.0795. The largest absolute Gasteiger partial charge is 0.495 e. The fraction of sp³-hybridized carbons (Fsp3) is 0.500. The summed E-state index contributed by atoms with van der Waals surface area (Å²) in [5.41, 5.74) is 7.97. The maximum atomic E-state index is 12.9. The van der Waals surface area contributed by atoms with Gasteiger partial charge in [0.05, 0.1) is 7.11 Å². The van der Waals surface area contributed by atoms with E-state index in [1.165, 1.54) is 7.11 Å². The Morgan fingerprint density at radius 1 is 0.942 bits per heavy atom. The third-order valence-corrected chi connectivity index (χ3v) is 9.94. The van der Waals surface area contributed by atoms with Gasteiger partial charge in [-0.15, -0.1) is 0 Å². The number of amides is 2. The predicted octanol–water partition coefficient (Wildman–Crippen LogP) is 4.50. The number of carbonyl (C=O) groups excluding carboxylic acids is 2. The average Bonchev–Trinajstić information content (AvgIpc) is 3.60. The number of anilines is 4. The van der Waals surface area contributed by atoms with Gasteiger partial charge in [0, 0.05) is 81.4 Å². The lowest BCUT2D eigenvalue weighted by molar-refractivity contribution is 0.0293. The molecule has 0 bridgehead atoms. The van der Waals surface area contributed by atoms with Crippen LogP contribution in [0.2, 0.25) is 0 Å². The van der Waals surface area contributed by atoms with Gasteiger partial charge in [-0.2, -0.15) is 5.26 Å². The number of nitrogens with two attached hydrogens (primary N) is 1. The van der Waals surface area contributed by atoms with Crippen molar-refractivity contribution in [2.45, 2.75) is 57.7 Å². The number of likely N-dealkylation sites (tertiary alicyclic amines) is 1. The lowest BCUT2D eigenvalue weighted by Gasteiger charge is -2.42. The number of nitrogens with one attached hydrogen (secondary N) is 2. The number of piperazine rings is 1. The first-order valence-corrected chi connectivity index (χ1v) is 18.0. The minimum Gasteiger partial charge on any atom is -0.495 e. The fourth-order valence-corrected chi connectivity index (χ4v) is 7.13. The number of aromatic nitrogens is 2. The van der Waals surface area contributed by atoms with Gasteiger partial charge in [0.2, 0.25) is 0 Å². The van der Waals surface area contributed by atoms with Crippen LogP contribution in [0.3, 0.4) is 0 Å². The monoisotopic (exact) mass is 710 g/mol. The molecule has 2 amide bonds. The van der Waals surface area contributed by atoms with Crippen LogP contribution in [0.4, 0.5) is 27.8 Å². The topological polar surface area (TPSA) is 165 Å². The molecule has 14 heteroatoms. The van der Waals surface area contributed by atoms with Crippen molar-refractivity contribution in [1.29, 1.82) is 5.26 Å². The molecule has 3 aliphatic heterocycles. The van der Waals surface area contributed by atoms with Gasteiger partial charge in [0.15, 0.2) is 17.3 Å². The number of nitriles is 1. The molecule has 0 unspecified atom stereocenters. The van der Waals surface area contributed by atoms with E-state index in [0.717, 1.165) is 57.8 Å². The van der Waals surface area contributed by atoms with E-state index in [9.17, 15) is 14.9 Å². The maximum Gasteiger partial charge on any atom is 0.410 e. The number of carbonyl (C=O) groups is 2. The SMILES string of the molecule is COc1cccc(-c2nc(C(N)=O)c(Nc3ccc(N4CCC(N5CCN(C)CC5)CC4)cc3)nc2N[C@@H]2CCN(C(=O)OC(C)(C)C)C2)c1C#N. The lowest BCUT2D eigenvalue weighted by atomic mass is 10.0. The van der Waals surface area contributed by atoms with Crippen LogP contribution in [-0.4, -0.2) is 121 Å². The van der Waals surface area contributed by atoms with Gasteiger partial charge in [-0.1, -0.05) is 12.1 Å². The standard InChI is InChI=1S/C38H50N10O4/c1-38(2,3)52-37(50)48-16-13-26(24-48)42-35-32(29-7-6-8-31(51-5)30(29)23-39)43-33(34(40)49)36(44-35)41-25-9-11-27(12-10-25)46-17-14-28(15-18-46)47-21-19-45(4)20-22-47/h6-12,26,28H,13-22,24H2,1-5H3,(H2,40,49)(H2,41,42,44)/t26-/m1/s1. The van der Waals surface area contributed by atoms with Gasteiger partial charge in [-0.3, -0.25) is 9.69 Å². The summed E-state index contributed by atoms with van der Waals surface area (Å²) in [5.74, 6) is 0.0771. The van der Waals surface area contributed by atoms with E-state index in [-0.39, 0.29) is 28.8 Å². The van der Waals surface area contributed by atoms with Crippen molar-refractivity contribution >= 4 is 35.0 Å². The van der Waals surface area contributed by atoms with Crippen molar-refractivity contribution in [2.24, 2.45) is 5.73 Å². The van der Waals surface area contributed by atoms with Crippen molar-refractivity contribution < 1.29 is 19.1 Å². The number of rotatable bonds is 9. The van der Waals surface area contributed by atoms with Gasteiger partial charge >= 0.3 is 6.09 Å². The summed E-state index contributed by atoms with van der Waals surface area (Å²) >= 11 is 0. The first-order chi connectivity index (χ1) is 24.9. The maximum absolute atomic E-state index is 12.9. The highest BCUT2D eigenvalue weighted by atomic mass is 16.6. The van der Waals surface area contributed by atoms with Crippen LogP contribution in [-0.2, 0) is 4.74 Å². The van der Waals surface area contributed by atoms with Crippen LogP contribution < -0.4 is 26.0 Å². The smallest absolute Gasteiger partial charge is 0.410 e. The predicted molar refractivity (Wildman–Crippen MR) is 201 cm³/mol. The van der Waals surface area contributed by atoms with E-state index in [0.29, 0.717) is 48.4 Å². The Morgan fingerprint density at radius 3 is 2.29 bits per heavy atom. The number of likely N-dealkylation sites (N-methyl/N-ethyl adjacent to an activating group) is 1. The number of methoxy groups -OCH3 is 1. The number of piperidine rings is 1. The second-order valence-corrected chi connectivity index (χ2v) is 14.8. The number of hydrogen-bond donors (Lipinski definition) is 3. The summed E-state index contributed by atoms with van der Waals surface area (Å²) in [6, 6.07) is 15.8. The second-order valence-electron chi connectivity index (χ2n) is 14.8. The Bertz CT molecular complexity index is 1790. The average molecular weight is 711 g/mol. The molecule has 4 N–H and O–H groups in total. The number of nitrogens with zero attached hydrogens (tertiary/aromatic N) is 7. The summed E-state index contributed by atoms with van der Waals surface area (Å²) < 4.78 is 11.1. The van der Waals surface area contributed by atoms with Gasteiger partial charge in [-0.25, -0.2) is 14.8 Å². The molecule has 1 aromatic heterocycles. The molecule has 2 aromatic carbocycles. The molecule has 14 nitrogen and oxygen atoms in total. The van der Waals surface area contributed by atoms with Crippen LogP contribution in [0.15, 0.2) is 42.5 Å². The normalized spacial score (nSPS) is 18.9. The zero-order valence-corrected chi connectivity index (χ0v) is 30.8. The zero-order valence-electron chi connectivity index (χ0n) is 30.8. The van der Waals surface area contributed by atoms with E-state index in [1.54, 1.807) is 23.1 Å². The Hall–Kier alpha value is -5.13. The second kappa shape index (κ2) is 15.6. The summed E-state index contributed by atoms with van der Waals surface area (Å²) in [6.07, 6.45) is 2.51. The molecule has 3 fully saturated rings. The molecule has 0 saturated carbocycles. The summed E-state index contributed by atoms with van der Waals surface area (Å²) in [7, 11) is 3.68. The molecular weight excluding hydrogens is 660 g/mol. The van der Waals surface area contributed by atoms with Crippen molar-refractivity contribution in [1.82, 2.24) is 24.7 Å². The third kappa shape index (κ3) is 8.49. The quantitative estimate of drug-likeness (QED) is 0.285. The lowest BCUT2D eigenvalue weighted by Crippen LogP contribution is -2.52. The summed E-state index contributed by atoms with van der Waals surface area (Å²) in [4.78, 5) is 44.4. The molecule has 1 atom stereocenters. The van der Waals surface area contributed by atoms with E-state index < -0.39 is 17.6 Å². The first-order valence-electron chi connectivity index (χ1n) is 18.0. The van der Waals surface area contributed by atoms with Crippen LogP contribution in [0.5, 0.6) is 5.75 Å². The fourth-order valence-electron chi connectivity index (χ4n) is 7.13. The zero-order chi connectivity index (χ0) is 37.0. The molecule has 276 valence electrons. The highest BCUT2D eigenvalue weighted by molar-refractivity contribution is 5.98. The highest BCUT2D eigenvalue weighted by Crippen LogP contribution is 2.36. The van der Waals surface area contributed by atoms with Gasteiger partial charge < -0.3 is 40.5 Å². The first kappa shape index (κ1) is 36.7. The molecule has 4 heterocycles. The summed E-state index contributed by atoms with van der Waals surface area (Å²) in [5, 5.41) is 16.8. The Labute approximate surface area is 305 Å². The van der Waals surface area contributed by atoms with Gasteiger partial charge in [-0.05, 0) is 77.4 Å². The van der Waals surface area contributed by atoms with Crippen LogP contribution in [0.1, 0.15) is 56.1 Å². The molecule has 3 aromatic rings. The van der Waals surface area contributed by atoms with Gasteiger partial charge in [0.25, 0.3) is 5.91 Å². The number of ether oxygens (including phenoxy) is 2. The highest BCUT2D eigenvalue weighted by Gasteiger charge is 2.32. The molecule has 0 radical (unpaired) electrons. The molecule has 52 heavy (non-hydrogen) atoms. The molecule has 0 spiro atoms. The van der Waals surface area contributed by atoms with Crippen molar-refractivity contribution in [2.75, 3.05) is 82.0 Å². The van der Waals surface area contributed by atoms with Gasteiger partial charge in [0.1, 0.15) is 28.7 Å². The third-order valence-electron chi connectivity index (χ3n) is 9.94. The molecule has 3 aliphatic rings. The van der Waals surface area contributed by atoms with E-state index >= 15 is 0 Å². The van der Waals surface area contributed by atoms with Crippen LogP contribution >= 0.6 is 0 Å². The Balaban J connectivity index is 1.24. The number of hydrogen-bond acceptors (Lipinski definition) is 12. The molecule has 6 rings (SSSR count). The number of primary amides is 1. The van der Waals surface area contributed by atoms with Crippen molar-refractivity contribution in [3.63, 3.8) is 0 Å². The molecule has 3 saturated heterocycles. The van der Waals surface area contributed by atoms with Crippen molar-refractivity contribution in [3.8, 4) is 23.1 Å². The Morgan fingerprint density at radius 2 is 1.65 bits per heavy atom.